The summed E-state index contributed by atoms with van der Waals surface area (Å²) in [5.41, 5.74) is 2.61. The standard InChI is InChI=1S/C18H18Cl3NO2/c1-10-6-15(7-11(2)17(10)21)24-12(3)18(23)22-9-13-4-5-14(19)8-16(13)20/h4-8,12H,9H2,1-3H3,(H,22,23)/t12-/m1/s1. The van der Waals surface area contributed by atoms with Gasteiger partial charge < -0.3 is 10.1 Å². The minimum atomic E-state index is -0.643. The number of rotatable bonds is 5. The molecule has 128 valence electrons. The molecule has 6 heteroatoms. The van der Waals surface area contributed by atoms with Crippen LogP contribution in [0.15, 0.2) is 30.3 Å². The molecule has 1 atom stereocenters. The minimum absolute atomic E-state index is 0.230. The average Bonchev–Trinajstić information content (AvgIpc) is 2.51. The van der Waals surface area contributed by atoms with E-state index in [1.54, 1.807) is 25.1 Å². The third-order valence-corrected chi connectivity index (χ3v) is 4.74. The first kappa shape index (κ1) is 18.9. The largest absolute Gasteiger partial charge is 0.481 e. The van der Waals surface area contributed by atoms with Crippen LogP contribution in [0.3, 0.4) is 0 Å². The molecule has 3 nitrogen and oxygen atoms in total. The Hall–Kier alpha value is -1.42. The molecule has 1 N–H and O–H groups in total. The highest BCUT2D eigenvalue weighted by Gasteiger charge is 2.16. The van der Waals surface area contributed by atoms with Crippen molar-refractivity contribution in [2.75, 3.05) is 0 Å². The number of carbonyl (C=O) groups excluding carboxylic acids is 1. The molecule has 1 amide bonds. The molecule has 0 aliphatic carbocycles. The second-order valence-corrected chi connectivity index (χ2v) is 6.81. The first-order valence-corrected chi connectivity index (χ1v) is 8.56. The van der Waals surface area contributed by atoms with E-state index in [-0.39, 0.29) is 5.91 Å². The van der Waals surface area contributed by atoms with Crippen molar-refractivity contribution in [2.45, 2.75) is 33.4 Å². The molecule has 24 heavy (non-hydrogen) atoms. The number of halogens is 3. The Balaban J connectivity index is 1.97. The lowest BCUT2D eigenvalue weighted by atomic mass is 10.1. The van der Waals surface area contributed by atoms with Gasteiger partial charge in [0.05, 0.1) is 0 Å². The van der Waals surface area contributed by atoms with E-state index >= 15 is 0 Å². The summed E-state index contributed by atoms with van der Waals surface area (Å²) in [7, 11) is 0. The number of nitrogens with one attached hydrogen (secondary N) is 1. The molecule has 2 rings (SSSR count). The Morgan fingerprint density at radius 3 is 2.33 bits per heavy atom. The van der Waals surface area contributed by atoms with Crippen LogP contribution in [0.5, 0.6) is 5.75 Å². The van der Waals surface area contributed by atoms with Crippen molar-refractivity contribution in [2.24, 2.45) is 0 Å². The fourth-order valence-corrected chi connectivity index (χ4v) is 2.81. The summed E-state index contributed by atoms with van der Waals surface area (Å²) in [6.07, 6.45) is -0.643. The van der Waals surface area contributed by atoms with E-state index in [4.69, 9.17) is 39.5 Å². The molecule has 0 spiro atoms. The summed E-state index contributed by atoms with van der Waals surface area (Å²) in [4.78, 5) is 12.2. The number of benzene rings is 2. The molecule has 0 saturated carbocycles. The van der Waals surface area contributed by atoms with Crippen LogP contribution in [0.25, 0.3) is 0 Å². The number of carbonyl (C=O) groups is 1. The van der Waals surface area contributed by atoms with Crippen molar-refractivity contribution >= 4 is 40.7 Å². The summed E-state index contributed by atoms with van der Waals surface area (Å²) < 4.78 is 5.71. The van der Waals surface area contributed by atoms with Crippen LogP contribution in [0.1, 0.15) is 23.6 Å². The van der Waals surface area contributed by atoms with Crippen LogP contribution in [-0.4, -0.2) is 12.0 Å². The predicted octanol–water partition coefficient (Wildman–Crippen LogP) is 5.35. The van der Waals surface area contributed by atoms with Crippen LogP contribution in [0.4, 0.5) is 0 Å². The van der Waals surface area contributed by atoms with Crippen molar-refractivity contribution in [3.8, 4) is 5.75 Å². The van der Waals surface area contributed by atoms with Crippen LogP contribution in [-0.2, 0) is 11.3 Å². The summed E-state index contributed by atoms with van der Waals surface area (Å²) in [6, 6.07) is 8.78. The monoisotopic (exact) mass is 385 g/mol. The van der Waals surface area contributed by atoms with E-state index in [9.17, 15) is 4.79 Å². The maximum absolute atomic E-state index is 12.2. The fraction of sp³-hybridized carbons (Fsp3) is 0.278. The minimum Gasteiger partial charge on any atom is -0.481 e. The Morgan fingerprint density at radius 1 is 1.12 bits per heavy atom. The van der Waals surface area contributed by atoms with Crippen molar-refractivity contribution in [3.63, 3.8) is 0 Å². The van der Waals surface area contributed by atoms with Crippen molar-refractivity contribution in [1.82, 2.24) is 5.32 Å². The number of aryl methyl sites for hydroxylation is 2. The highest BCUT2D eigenvalue weighted by Crippen LogP contribution is 2.26. The van der Waals surface area contributed by atoms with Gasteiger partial charge in [-0.15, -0.1) is 0 Å². The van der Waals surface area contributed by atoms with E-state index in [1.807, 2.05) is 26.0 Å². The molecular formula is C18H18Cl3NO2. The zero-order valence-corrected chi connectivity index (χ0v) is 15.9. The fourth-order valence-electron chi connectivity index (χ4n) is 2.22. The zero-order valence-electron chi connectivity index (χ0n) is 13.6. The normalized spacial score (nSPS) is 11.9. The molecule has 0 heterocycles. The molecule has 0 aromatic heterocycles. The quantitative estimate of drug-likeness (QED) is 0.752. The van der Waals surface area contributed by atoms with Gasteiger partial charge in [0.1, 0.15) is 5.75 Å². The smallest absolute Gasteiger partial charge is 0.261 e. The molecule has 2 aromatic carbocycles. The second kappa shape index (κ2) is 8.11. The van der Waals surface area contributed by atoms with E-state index in [2.05, 4.69) is 5.32 Å². The van der Waals surface area contributed by atoms with Crippen molar-refractivity contribution in [3.05, 3.63) is 62.1 Å². The number of amides is 1. The zero-order chi connectivity index (χ0) is 17.9. The van der Waals surface area contributed by atoms with E-state index in [0.717, 1.165) is 16.7 Å². The molecule has 0 bridgehead atoms. The van der Waals surface area contributed by atoms with Gasteiger partial charge in [-0.05, 0) is 61.7 Å². The molecular weight excluding hydrogens is 369 g/mol. The first-order chi connectivity index (χ1) is 11.3. The summed E-state index contributed by atoms with van der Waals surface area (Å²) in [5, 5.41) is 4.58. The van der Waals surface area contributed by atoms with Gasteiger partial charge in [-0.25, -0.2) is 0 Å². The maximum Gasteiger partial charge on any atom is 0.261 e. The van der Waals surface area contributed by atoms with Gasteiger partial charge in [0.25, 0.3) is 5.91 Å². The molecule has 0 saturated heterocycles. The Bertz CT molecular complexity index is 739. The van der Waals surface area contributed by atoms with Crippen LogP contribution >= 0.6 is 34.8 Å². The molecule has 0 radical (unpaired) electrons. The van der Waals surface area contributed by atoms with E-state index in [0.29, 0.717) is 27.4 Å². The third kappa shape index (κ3) is 4.79. The Morgan fingerprint density at radius 2 is 1.75 bits per heavy atom. The Labute approximate surface area is 156 Å². The summed E-state index contributed by atoms with van der Waals surface area (Å²) in [6.45, 7) is 5.80. The van der Waals surface area contributed by atoms with Crippen LogP contribution in [0.2, 0.25) is 15.1 Å². The van der Waals surface area contributed by atoms with Gasteiger partial charge in [0.15, 0.2) is 6.10 Å². The Kier molecular flexibility index (Phi) is 6.39. The predicted molar refractivity (Wildman–Crippen MR) is 99.3 cm³/mol. The highest BCUT2D eigenvalue weighted by molar-refractivity contribution is 6.35. The van der Waals surface area contributed by atoms with Gasteiger partial charge in [-0.1, -0.05) is 40.9 Å². The second-order valence-electron chi connectivity index (χ2n) is 5.58. The van der Waals surface area contributed by atoms with Gasteiger partial charge in [-0.2, -0.15) is 0 Å². The van der Waals surface area contributed by atoms with Gasteiger partial charge in [0, 0.05) is 21.6 Å². The SMILES string of the molecule is Cc1cc(O[C@H](C)C(=O)NCc2ccc(Cl)cc2Cl)cc(C)c1Cl. The first-order valence-electron chi connectivity index (χ1n) is 7.43. The molecule has 0 unspecified atom stereocenters. The molecule has 0 aliphatic rings. The molecule has 0 aliphatic heterocycles. The topological polar surface area (TPSA) is 38.3 Å². The lowest BCUT2D eigenvalue weighted by Gasteiger charge is -2.16. The van der Waals surface area contributed by atoms with Gasteiger partial charge in [-0.3, -0.25) is 4.79 Å². The third-order valence-electron chi connectivity index (χ3n) is 3.56. The van der Waals surface area contributed by atoms with Crippen molar-refractivity contribution in [1.29, 1.82) is 0 Å². The van der Waals surface area contributed by atoms with Crippen molar-refractivity contribution < 1.29 is 9.53 Å². The molecule has 0 fully saturated rings. The van der Waals surface area contributed by atoms with E-state index in [1.165, 1.54) is 0 Å². The lowest BCUT2D eigenvalue weighted by Crippen LogP contribution is -2.36. The number of hydrogen-bond donors (Lipinski definition) is 1. The number of ether oxygens (including phenoxy) is 1. The maximum atomic E-state index is 12.2. The van der Waals surface area contributed by atoms with Crippen LogP contribution in [0, 0.1) is 13.8 Å². The average molecular weight is 387 g/mol. The highest BCUT2D eigenvalue weighted by atomic mass is 35.5. The van der Waals surface area contributed by atoms with Gasteiger partial charge in [0.2, 0.25) is 0 Å². The number of hydrogen-bond acceptors (Lipinski definition) is 2. The van der Waals surface area contributed by atoms with Crippen LogP contribution < -0.4 is 10.1 Å². The summed E-state index contributed by atoms with van der Waals surface area (Å²) in [5.74, 6) is 0.382. The van der Waals surface area contributed by atoms with Gasteiger partial charge >= 0.3 is 0 Å². The summed E-state index contributed by atoms with van der Waals surface area (Å²) >= 11 is 18.1. The molecule has 2 aromatic rings. The van der Waals surface area contributed by atoms with E-state index < -0.39 is 6.10 Å². The lowest BCUT2D eigenvalue weighted by molar-refractivity contribution is -0.127.